The van der Waals surface area contributed by atoms with E-state index in [-0.39, 0.29) is 11.8 Å². The number of halogens is 2. The predicted molar refractivity (Wildman–Crippen MR) is 75.2 cm³/mol. The van der Waals surface area contributed by atoms with Crippen LogP contribution in [0.25, 0.3) is 5.69 Å². The SMILES string of the molecule is O=c1c(=O)n(-c2ccc(F)c(F)c2)ccn1CC1CCCO1. The summed E-state index contributed by atoms with van der Waals surface area (Å²) < 4.78 is 33.9. The molecule has 3 rings (SSSR count). The van der Waals surface area contributed by atoms with Gasteiger partial charge in [0.25, 0.3) is 0 Å². The van der Waals surface area contributed by atoms with Gasteiger partial charge in [0.15, 0.2) is 11.6 Å². The second kappa shape index (κ2) is 5.84. The molecule has 1 aromatic carbocycles. The maximum atomic E-state index is 13.3. The van der Waals surface area contributed by atoms with Crippen LogP contribution in [0.3, 0.4) is 0 Å². The second-order valence-electron chi connectivity index (χ2n) is 5.16. The van der Waals surface area contributed by atoms with Crippen molar-refractivity contribution in [2.45, 2.75) is 25.5 Å². The van der Waals surface area contributed by atoms with Gasteiger partial charge in [-0.3, -0.25) is 14.2 Å². The first-order valence-electron chi connectivity index (χ1n) is 6.95. The highest BCUT2D eigenvalue weighted by molar-refractivity contribution is 5.32. The summed E-state index contributed by atoms with van der Waals surface area (Å²) in [6.45, 7) is 0.970. The maximum Gasteiger partial charge on any atom is 0.320 e. The fourth-order valence-corrected chi connectivity index (χ4v) is 2.50. The molecule has 0 saturated carbocycles. The van der Waals surface area contributed by atoms with Gasteiger partial charge in [-0.1, -0.05) is 0 Å². The van der Waals surface area contributed by atoms with Gasteiger partial charge >= 0.3 is 11.1 Å². The molecule has 7 heteroatoms. The molecule has 22 heavy (non-hydrogen) atoms. The molecule has 0 aliphatic carbocycles. The Hall–Kier alpha value is -2.28. The molecule has 0 bridgehead atoms. The molecule has 2 aromatic rings. The van der Waals surface area contributed by atoms with E-state index in [0.29, 0.717) is 13.2 Å². The number of hydrogen-bond donors (Lipinski definition) is 0. The first-order valence-corrected chi connectivity index (χ1v) is 6.95. The molecule has 1 aliphatic heterocycles. The van der Waals surface area contributed by atoms with Gasteiger partial charge in [0.05, 0.1) is 18.3 Å². The standard InChI is InChI=1S/C15H14F2N2O3/c16-12-4-3-10(8-13(12)17)19-6-5-18(14(20)15(19)21)9-11-2-1-7-22-11/h3-6,8,11H,1-2,7,9H2. The van der Waals surface area contributed by atoms with Crippen molar-refractivity contribution >= 4 is 0 Å². The molecular formula is C15H14F2N2O3. The van der Waals surface area contributed by atoms with Gasteiger partial charge in [-0.05, 0) is 25.0 Å². The minimum absolute atomic E-state index is 0.0729. The van der Waals surface area contributed by atoms with E-state index in [4.69, 9.17) is 4.74 Å². The van der Waals surface area contributed by atoms with E-state index in [2.05, 4.69) is 0 Å². The summed E-state index contributed by atoms with van der Waals surface area (Å²) in [5, 5.41) is 0. The molecule has 0 spiro atoms. The zero-order valence-electron chi connectivity index (χ0n) is 11.7. The van der Waals surface area contributed by atoms with Crippen LogP contribution in [-0.4, -0.2) is 21.8 Å². The Morgan fingerprint density at radius 2 is 1.95 bits per heavy atom. The molecule has 1 saturated heterocycles. The maximum absolute atomic E-state index is 13.3. The lowest BCUT2D eigenvalue weighted by Gasteiger charge is -2.12. The third-order valence-corrected chi connectivity index (χ3v) is 3.66. The van der Waals surface area contributed by atoms with Crippen molar-refractivity contribution in [1.82, 2.24) is 9.13 Å². The van der Waals surface area contributed by atoms with E-state index in [0.717, 1.165) is 29.5 Å². The molecule has 5 nitrogen and oxygen atoms in total. The smallest absolute Gasteiger partial charge is 0.320 e. The lowest BCUT2D eigenvalue weighted by atomic mass is 10.2. The summed E-state index contributed by atoms with van der Waals surface area (Å²) in [6.07, 6.45) is 4.53. The topological polar surface area (TPSA) is 53.2 Å². The molecule has 1 fully saturated rings. The Balaban J connectivity index is 1.97. The molecule has 1 unspecified atom stereocenters. The monoisotopic (exact) mass is 308 g/mol. The van der Waals surface area contributed by atoms with Crippen molar-refractivity contribution < 1.29 is 13.5 Å². The van der Waals surface area contributed by atoms with E-state index in [1.54, 1.807) is 0 Å². The molecule has 2 heterocycles. The molecule has 1 aromatic heterocycles. The largest absolute Gasteiger partial charge is 0.376 e. The first-order chi connectivity index (χ1) is 10.6. The summed E-state index contributed by atoms with van der Waals surface area (Å²) in [7, 11) is 0. The zero-order valence-corrected chi connectivity index (χ0v) is 11.7. The van der Waals surface area contributed by atoms with Crippen molar-refractivity contribution in [2.75, 3.05) is 6.61 Å². The fourth-order valence-electron chi connectivity index (χ4n) is 2.50. The average molecular weight is 308 g/mol. The minimum atomic E-state index is -1.08. The van der Waals surface area contributed by atoms with Crippen LogP contribution in [0, 0.1) is 11.6 Å². The van der Waals surface area contributed by atoms with Crippen LogP contribution >= 0.6 is 0 Å². The zero-order chi connectivity index (χ0) is 15.7. The molecule has 0 amide bonds. The van der Waals surface area contributed by atoms with Gasteiger partial charge in [-0.15, -0.1) is 0 Å². The number of aromatic nitrogens is 2. The number of benzene rings is 1. The van der Waals surface area contributed by atoms with Crippen LogP contribution in [0.1, 0.15) is 12.8 Å². The Morgan fingerprint density at radius 3 is 2.64 bits per heavy atom. The van der Waals surface area contributed by atoms with Crippen LogP contribution in [0.5, 0.6) is 0 Å². The van der Waals surface area contributed by atoms with Crippen LogP contribution in [0.4, 0.5) is 8.78 Å². The molecule has 1 atom stereocenters. The average Bonchev–Trinajstić information content (AvgIpc) is 3.00. The number of hydrogen-bond acceptors (Lipinski definition) is 3. The molecule has 1 aliphatic rings. The lowest BCUT2D eigenvalue weighted by Crippen LogP contribution is -2.41. The van der Waals surface area contributed by atoms with Gasteiger partial charge in [-0.2, -0.15) is 0 Å². The van der Waals surface area contributed by atoms with E-state index in [1.165, 1.54) is 23.0 Å². The van der Waals surface area contributed by atoms with Crippen molar-refractivity contribution in [2.24, 2.45) is 0 Å². The lowest BCUT2D eigenvalue weighted by molar-refractivity contribution is 0.0959. The van der Waals surface area contributed by atoms with Crippen molar-refractivity contribution in [1.29, 1.82) is 0 Å². The normalized spacial score (nSPS) is 17.8. The third kappa shape index (κ3) is 2.71. The Kier molecular flexibility index (Phi) is 3.89. The number of nitrogens with zero attached hydrogens (tertiary/aromatic N) is 2. The fraction of sp³-hybridized carbons (Fsp3) is 0.333. The number of ether oxygens (including phenoxy) is 1. The van der Waals surface area contributed by atoms with E-state index in [9.17, 15) is 18.4 Å². The molecule has 0 radical (unpaired) electrons. The van der Waals surface area contributed by atoms with Crippen molar-refractivity contribution in [3.8, 4) is 5.69 Å². The molecular weight excluding hydrogens is 294 g/mol. The summed E-state index contributed by atoms with van der Waals surface area (Å²) in [5.41, 5.74) is -1.43. The highest BCUT2D eigenvalue weighted by Crippen LogP contribution is 2.13. The second-order valence-corrected chi connectivity index (χ2v) is 5.16. The molecule has 0 N–H and O–H groups in total. The van der Waals surface area contributed by atoms with Crippen LogP contribution in [-0.2, 0) is 11.3 Å². The van der Waals surface area contributed by atoms with Crippen LogP contribution < -0.4 is 11.1 Å². The summed E-state index contributed by atoms with van der Waals surface area (Å²) in [4.78, 5) is 24.2. The van der Waals surface area contributed by atoms with Crippen LogP contribution in [0.15, 0.2) is 40.2 Å². The van der Waals surface area contributed by atoms with E-state index in [1.807, 2.05) is 0 Å². The Labute approximate surface area is 124 Å². The summed E-state index contributed by atoms with van der Waals surface area (Å²) >= 11 is 0. The van der Waals surface area contributed by atoms with Gasteiger partial charge in [-0.25, -0.2) is 8.78 Å². The minimum Gasteiger partial charge on any atom is -0.376 e. The van der Waals surface area contributed by atoms with Crippen molar-refractivity contribution in [3.05, 3.63) is 62.9 Å². The van der Waals surface area contributed by atoms with Gasteiger partial charge in [0.1, 0.15) is 0 Å². The van der Waals surface area contributed by atoms with Gasteiger partial charge < -0.3 is 9.30 Å². The van der Waals surface area contributed by atoms with E-state index < -0.39 is 22.8 Å². The summed E-state index contributed by atoms with van der Waals surface area (Å²) in [5.74, 6) is -2.09. The van der Waals surface area contributed by atoms with Crippen molar-refractivity contribution in [3.63, 3.8) is 0 Å². The Morgan fingerprint density at radius 1 is 1.14 bits per heavy atom. The van der Waals surface area contributed by atoms with E-state index >= 15 is 0 Å². The third-order valence-electron chi connectivity index (χ3n) is 3.66. The van der Waals surface area contributed by atoms with Crippen LogP contribution in [0.2, 0.25) is 0 Å². The van der Waals surface area contributed by atoms with Gasteiger partial charge in [0, 0.05) is 25.1 Å². The highest BCUT2D eigenvalue weighted by Gasteiger charge is 2.17. The Bertz CT molecular complexity index is 807. The predicted octanol–water partition coefficient (Wildman–Crippen LogP) is 1.46. The molecule has 116 valence electrons. The van der Waals surface area contributed by atoms with Gasteiger partial charge in [0.2, 0.25) is 0 Å². The highest BCUT2D eigenvalue weighted by atomic mass is 19.2. The first kappa shape index (κ1) is 14.6. The summed E-state index contributed by atoms with van der Waals surface area (Å²) in [6, 6.07) is 3.03. The number of rotatable bonds is 3. The quantitative estimate of drug-likeness (QED) is 0.807.